The number of rotatable bonds is 2. The molecule has 1 aromatic carbocycles. The quantitative estimate of drug-likeness (QED) is 0.918. The highest BCUT2D eigenvalue weighted by atomic mass is 15.0. The first-order chi connectivity index (χ1) is 10.4. The van der Waals surface area contributed by atoms with Crippen molar-refractivity contribution < 1.29 is 0 Å². The van der Waals surface area contributed by atoms with Gasteiger partial charge in [-0.05, 0) is 30.4 Å². The summed E-state index contributed by atoms with van der Waals surface area (Å²) in [5.41, 5.74) is 6.78. The van der Waals surface area contributed by atoms with Crippen LogP contribution in [0, 0.1) is 0 Å². The fourth-order valence-corrected chi connectivity index (χ4v) is 3.71. The molecule has 3 nitrogen and oxygen atoms in total. The van der Waals surface area contributed by atoms with Crippen molar-refractivity contribution in [2.75, 3.05) is 6.54 Å². The number of hydrogen-bond acceptors (Lipinski definition) is 3. The van der Waals surface area contributed by atoms with Crippen molar-refractivity contribution in [3.63, 3.8) is 0 Å². The molecule has 1 aliphatic heterocycles. The average molecular weight is 279 g/mol. The highest BCUT2D eigenvalue weighted by molar-refractivity contribution is 5.40. The summed E-state index contributed by atoms with van der Waals surface area (Å²) in [6, 6.07) is 8.78. The number of aryl methyl sites for hydroxylation is 2. The van der Waals surface area contributed by atoms with Crippen LogP contribution in [0.3, 0.4) is 0 Å². The van der Waals surface area contributed by atoms with Crippen molar-refractivity contribution in [1.82, 2.24) is 15.3 Å². The van der Waals surface area contributed by atoms with Gasteiger partial charge < -0.3 is 5.32 Å². The Balaban J connectivity index is 1.80. The lowest BCUT2D eigenvalue weighted by molar-refractivity contribution is 0.601. The third-order valence-corrected chi connectivity index (χ3v) is 4.82. The van der Waals surface area contributed by atoms with Crippen LogP contribution >= 0.6 is 0 Å². The van der Waals surface area contributed by atoms with E-state index in [0.717, 1.165) is 44.6 Å². The van der Waals surface area contributed by atoms with Crippen molar-refractivity contribution >= 4 is 0 Å². The highest BCUT2D eigenvalue weighted by Crippen LogP contribution is 2.37. The number of hydrogen-bond donors (Lipinski definition) is 1. The summed E-state index contributed by atoms with van der Waals surface area (Å²) >= 11 is 0. The van der Waals surface area contributed by atoms with Crippen molar-refractivity contribution in [3.05, 3.63) is 58.2 Å². The lowest BCUT2D eigenvalue weighted by Crippen LogP contribution is -2.27. The maximum Gasteiger partial charge on any atom is 0.136 e. The van der Waals surface area contributed by atoms with E-state index in [1.807, 2.05) is 0 Å². The third-order valence-electron chi connectivity index (χ3n) is 4.82. The Morgan fingerprint density at radius 2 is 2.10 bits per heavy atom. The molecule has 0 amide bonds. The smallest absolute Gasteiger partial charge is 0.136 e. The molecule has 2 aromatic rings. The standard InChI is InChI=1S/C18H21N3/c1-2-16-15-11-19-10-9-17(15)21-18(20-16)14-8-7-12-5-3-4-6-13(12)14/h3-6,14,19H,2,7-11H2,1H3. The molecule has 2 heterocycles. The Bertz CT molecular complexity index is 661. The maximum absolute atomic E-state index is 4.95. The molecule has 1 aliphatic carbocycles. The van der Waals surface area contributed by atoms with Gasteiger partial charge in [0.2, 0.25) is 0 Å². The average Bonchev–Trinajstić information content (AvgIpc) is 2.98. The summed E-state index contributed by atoms with van der Waals surface area (Å²) in [5, 5.41) is 3.44. The van der Waals surface area contributed by atoms with E-state index in [9.17, 15) is 0 Å². The third kappa shape index (κ3) is 2.16. The highest BCUT2D eigenvalue weighted by Gasteiger charge is 2.27. The van der Waals surface area contributed by atoms with Gasteiger partial charge in [-0.25, -0.2) is 9.97 Å². The van der Waals surface area contributed by atoms with Gasteiger partial charge in [0.15, 0.2) is 0 Å². The molecule has 0 spiro atoms. The van der Waals surface area contributed by atoms with Gasteiger partial charge >= 0.3 is 0 Å². The minimum Gasteiger partial charge on any atom is -0.312 e. The zero-order valence-corrected chi connectivity index (χ0v) is 12.5. The minimum atomic E-state index is 0.395. The van der Waals surface area contributed by atoms with Gasteiger partial charge in [0.1, 0.15) is 5.82 Å². The van der Waals surface area contributed by atoms with Crippen LogP contribution in [0.5, 0.6) is 0 Å². The Morgan fingerprint density at radius 3 is 3.00 bits per heavy atom. The Hall–Kier alpha value is -1.74. The zero-order chi connectivity index (χ0) is 14.2. The number of fused-ring (bicyclic) bond motifs is 2. The molecular formula is C18H21N3. The Morgan fingerprint density at radius 1 is 1.19 bits per heavy atom. The summed E-state index contributed by atoms with van der Waals surface area (Å²) in [6.45, 7) is 4.16. The summed E-state index contributed by atoms with van der Waals surface area (Å²) in [7, 11) is 0. The molecule has 1 atom stereocenters. The predicted octanol–water partition coefficient (Wildman–Crippen LogP) is 2.76. The maximum atomic E-state index is 4.95. The van der Waals surface area contributed by atoms with Crippen LogP contribution in [-0.4, -0.2) is 16.5 Å². The summed E-state index contributed by atoms with van der Waals surface area (Å²) in [4.78, 5) is 9.89. The van der Waals surface area contributed by atoms with Crippen LogP contribution in [0.4, 0.5) is 0 Å². The van der Waals surface area contributed by atoms with Crippen molar-refractivity contribution in [2.24, 2.45) is 0 Å². The lowest BCUT2D eigenvalue weighted by Gasteiger charge is -2.21. The van der Waals surface area contributed by atoms with Gasteiger partial charge in [-0.3, -0.25) is 0 Å². The van der Waals surface area contributed by atoms with E-state index in [2.05, 4.69) is 36.5 Å². The molecule has 2 aliphatic rings. The topological polar surface area (TPSA) is 37.8 Å². The van der Waals surface area contributed by atoms with Crippen molar-refractivity contribution in [1.29, 1.82) is 0 Å². The molecule has 0 saturated carbocycles. The predicted molar refractivity (Wildman–Crippen MR) is 83.4 cm³/mol. The first-order valence-electron chi connectivity index (χ1n) is 8.04. The fraction of sp³-hybridized carbons (Fsp3) is 0.444. The van der Waals surface area contributed by atoms with Crippen LogP contribution in [-0.2, 0) is 25.8 Å². The second-order valence-electron chi connectivity index (χ2n) is 6.02. The van der Waals surface area contributed by atoms with Gasteiger partial charge in [-0.15, -0.1) is 0 Å². The van der Waals surface area contributed by atoms with Gasteiger partial charge in [0, 0.05) is 36.7 Å². The second kappa shape index (κ2) is 5.23. The largest absolute Gasteiger partial charge is 0.312 e. The van der Waals surface area contributed by atoms with Crippen LogP contribution in [0.25, 0.3) is 0 Å². The first kappa shape index (κ1) is 13.0. The Labute approximate surface area is 125 Å². The van der Waals surface area contributed by atoms with Gasteiger partial charge in [0.25, 0.3) is 0 Å². The van der Waals surface area contributed by atoms with Crippen LogP contribution in [0.2, 0.25) is 0 Å². The number of nitrogens with one attached hydrogen (secondary N) is 1. The van der Waals surface area contributed by atoms with E-state index < -0.39 is 0 Å². The van der Waals surface area contributed by atoms with Crippen molar-refractivity contribution in [3.8, 4) is 0 Å². The van der Waals surface area contributed by atoms with Crippen LogP contribution in [0.15, 0.2) is 24.3 Å². The molecule has 1 N–H and O–H groups in total. The normalized spacial score (nSPS) is 20.1. The molecule has 0 fully saturated rings. The van der Waals surface area contributed by atoms with Crippen LogP contribution < -0.4 is 5.32 Å². The van der Waals surface area contributed by atoms with E-state index in [4.69, 9.17) is 9.97 Å². The van der Waals surface area contributed by atoms with E-state index in [-0.39, 0.29) is 0 Å². The van der Waals surface area contributed by atoms with E-state index in [0.29, 0.717) is 5.92 Å². The molecular weight excluding hydrogens is 258 g/mol. The summed E-state index contributed by atoms with van der Waals surface area (Å²) in [6.07, 6.45) is 4.34. The molecule has 1 unspecified atom stereocenters. The summed E-state index contributed by atoms with van der Waals surface area (Å²) < 4.78 is 0. The van der Waals surface area contributed by atoms with Gasteiger partial charge in [0.05, 0.1) is 5.69 Å². The molecule has 0 radical (unpaired) electrons. The molecule has 21 heavy (non-hydrogen) atoms. The Kier molecular flexibility index (Phi) is 3.23. The SMILES string of the molecule is CCc1nc(C2CCc3ccccc32)nc2c1CNCC2. The lowest BCUT2D eigenvalue weighted by atomic mass is 9.98. The molecule has 4 rings (SSSR count). The van der Waals surface area contributed by atoms with Gasteiger partial charge in [-0.2, -0.15) is 0 Å². The van der Waals surface area contributed by atoms with Gasteiger partial charge in [-0.1, -0.05) is 31.2 Å². The van der Waals surface area contributed by atoms with E-state index in [1.54, 1.807) is 0 Å². The monoisotopic (exact) mass is 279 g/mol. The molecule has 3 heteroatoms. The van der Waals surface area contributed by atoms with E-state index >= 15 is 0 Å². The fourth-order valence-electron chi connectivity index (χ4n) is 3.71. The molecule has 0 bridgehead atoms. The number of benzene rings is 1. The second-order valence-corrected chi connectivity index (χ2v) is 6.02. The number of aromatic nitrogens is 2. The first-order valence-corrected chi connectivity index (χ1v) is 8.04. The minimum absolute atomic E-state index is 0.395. The molecule has 0 saturated heterocycles. The zero-order valence-electron chi connectivity index (χ0n) is 12.5. The number of nitrogens with zero attached hydrogens (tertiary/aromatic N) is 2. The van der Waals surface area contributed by atoms with Crippen molar-refractivity contribution in [2.45, 2.75) is 45.1 Å². The molecule has 108 valence electrons. The van der Waals surface area contributed by atoms with Crippen LogP contribution in [0.1, 0.15) is 53.2 Å². The van der Waals surface area contributed by atoms with E-state index in [1.165, 1.54) is 28.1 Å². The molecule has 1 aromatic heterocycles. The summed E-state index contributed by atoms with van der Waals surface area (Å²) in [5.74, 6) is 1.45.